The van der Waals surface area contributed by atoms with E-state index < -0.39 is 5.91 Å². The second-order valence-electron chi connectivity index (χ2n) is 5.12. The molecular weight excluding hydrogens is 310 g/mol. The number of amides is 1. The summed E-state index contributed by atoms with van der Waals surface area (Å²) in [4.78, 5) is 16.5. The van der Waals surface area contributed by atoms with E-state index in [1.807, 2.05) is 31.2 Å². The highest BCUT2D eigenvalue weighted by Gasteiger charge is 2.11. The largest absolute Gasteiger partial charge is 0.507 e. The molecule has 3 aromatic rings. The molecule has 1 amide bonds. The molecule has 0 saturated carbocycles. The molecule has 0 radical (unpaired) electrons. The van der Waals surface area contributed by atoms with Crippen LogP contribution in [0.2, 0.25) is 0 Å². The molecule has 116 valence electrons. The first kappa shape index (κ1) is 15.1. The summed E-state index contributed by atoms with van der Waals surface area (Å²) in [6, 6.07) is 12.8. The van der Waals surface area contributed by atoms with Gasteiger partial charge in [0.1, 0.15) is 5.75 Å². The molecular formula is C17H15N3O2S. The summed E-state index contributed by atoms with van der Waals surface area (Å²) in [5.41, 5.74) is 8.29. The van der Waals surface area contributed by atoms with Crippen LogP contribution in [0.5, 0.6) is 5.75 Å². The molecule has 3 rings (SSSR count). The summed E-state index contributed by atoms with van der Waals surface area (Å²) in [7, 11) is 0. The molecule has 1 aromatic heterocycles. The van der Waals surface area contributed by atoms with Crippen LogP contribution in [0.1, 0.15) is 15.9 Å². The highest BCUT2D eigenvalue weighted by Crippen LogP contribution is 2.32. The second-order valence-corrected chi connectivity index (χ2v) is 6.15. The van der Waals surface area contributed by atoms with Crippen molar-refractivity contribution in [2.45, 2.75) is 6.92 Å². The zero-order valence-corrected chi connectivity index (χ0v) is 13.2. The van der Waals surface area contributed by atoms with Gasteiger partial charge in [0, 0.05) is 11.9 Å². The maximum atomic E-state index is 11.3. The SMILES string of the molecule is Cc1ccc(Nc2ncc(-c3ccc(O)c(C(N)=O)c3)s2)cc1. The van der Waals surface area contributed by atoms with E-state index in [-0.39, 0.29) is 11.3 Å². The highest BCUT2D eigenvalue weighted by atomic mass is 32.1. The molecule has 6 heteroatoms. The Balaban J connectivity index is 1.85. The predicted octanol–water partition coefficient (Wildman–Crippen LogP) is 3.67. The van der Waals surface area contributed by atoms with E-state index in [0.29, 0.717) is 0 Å². The van der Waals surface area contributed by atoms with Crippen molar-refractivity contribution in [3.05, 3.63) is 59.8 Å². The molecule has 0 spiro atoms. The smallest absolute Gasteiger partial charge is 0.252 e. The van der Waals surface area contributed by atoms with Crippen LogP contribution < -0.4 is 11.1 Å². The summed E-state index contributed by atoms with van der Waals surface area (Å²) >= 11 is 1.46. The van der Waals surface area contributed by atoms with Crippen LogP contribution in [-0.4, -0.2) is 16.0 Å². The van der Waals surface area contributed by atoms with Crippen LogP contribution in [0.4, 0.5) is 10.8 Å². The minimum absolute atomic E-state index is 0.101. The Morgan fingerprint density at radius 2 is 1.96 bits per heavy atom. The lowest BCUT2D eigenvalue weighted by Crippen LogP contribution is -2.11. The van der Waals surface area contributed by atoms with Crippen LogP contribution in [-0.2, 0) is 0 Å². The molecule has 5 nitrogen and oxygen atoms in total. The van der Waals surface area contributed by atoms with Crippen LogP contribution in [0.15, 0.2) is 48.7 Å². The number of carbonyl (C=O) groups excluding carboxylic acids is 1. The Bertz CT molecular complexity index is 857. The number of hydrogen-bond acceptors (Lipinski definition) is 5. The highest BCUT2D eigenvalue weighted by molar-refractivity contribution is 7.18. The Hall–Kier alpha value is -2.86. The first-order valence-electron chi connectivity index (χ1n) is 6.95. The lowest BCUT2D eigenvalue weighted by atomic mass is 10.1. The van der Waals surface area contributed by atoms with Gasteiger partial charge in [0.05, 0.1) is 10.4 Å². The third-order valence-corrected chi connectivity index (χ3v) is 4.32. The van der Waals surface area contributed by atoms with Gasteiger partial charge in [0.25, 0.3) is 5.91 Å². The van der Waals surface area contributed by atoms with Gasteiger partial charge >= 0.3 is 0 Å². The molecule has 1 heterocycles. The lowest BCUT2D eigenvalue weighted by Gasteiger charge is -2.03. The second kappa shape index (κ2) is 6.10. The Labute approximate surface area is 137 Å². The number of aromatic nitrogens is 1. The van der Waals surface area contributed by atoms with Gasteiger partial charge in [-0.15, -0.1) is 0 Å². The molecule has 0 atom stereocenters. The van der Waals surface area contributed by atoms with Gasteiger partial charge < -0.3 is 16.2 Å². The van der Waals surface area contributed by atoms with Crippen molar-refractivity contribution in [3.63, 3.8) is 0 Å². The maximum absolute atomic E-state index is 11.3. The topological polar surface area (TPSA) is 88.2 Å². The quantitative estimate of drug-likeness (QED) is 0.683. The fraction of sp³-hybridized carbons (Fsp3) is 0.0588. The number of carbonyl (C=O) groups is 1. The molecule has 0 saturated heterocycles. The van der Waals surface area contributed by atoms with Gasteiger partial charge in [-0.3, -0.25) is 4.79 Å². The number of nitrogens with two attached hydrogens (primary N) is 1. The molecule has 23 heavy (non-hydrogen) atoms. The third-order valence-electron chi connectivity index (χ3n) is 3.36. The fourth-order valence-corrected chi connectivity index (χ4v) is 2.95. The summed E-state index contributed by atoms with van der Waals surface area (Å²) < 4.78 is 0. The Morgan fingerprint density at radius 3 is 2.65 bits per heavy atom. The maximum Gasteiger partial charge on any atom is 0.252 e. The molecule has 4 N–H and O–H groups in total. The number of aryl methyl sites for hydroxylation is 1. The number of hydrogen-bond donors (Lipinski definition) is 3. The van der Waals surface area contributed by atoms with Crippen molar-refractivity contribution < 1.29 is 9.90 Å². The van der Waals surface area contributed by atoms with E-state index in [9.17, 15) is 9.90 Å². The van der Waals surface area contributed by atoms with Gasteiger partial charge in [-0.2, -0.15) is 0 Å². The first-order valence-corrected chi connectivity index (χ1v) is 7.77. The third kappa shape index (κ3) is 3.32. The molecule has 0 aliphatic heterocycles. The van der Waals surface area contributed by atoms with Crippen molar-refractivity contribution in [1.82, 2.24) is 4.98 Å². The van der Waals surface area contributed by atoms with Gasteiger partial charge in [-0.25, -0.2) is 4.98 Å². The molecule has 0 unspecified atom stereocenters. The number of rotatable bonds is 4. The number of nitrogens with zero attached hydrogens (tertiary/aromatic N) is 1. The van der Waals surface area contributed by atoms with Crippen molar-refractivity contribution >= 4 is 28.1 Å². The van der Waals surface area contributed by atoms with E-state index in [1.54, 1.807) is 18.3 Å². The summed E-state index contributed by atoms with van der Waals surface area (Å²) in [6.45, 7) is 2.03. The molecule has 0 aliphatic rings. The van der Waals surface area contributed by atoms with E-state index in [4.69, 9.17) is 5.73 Å². The molecule has 0 aliphatic carbocycles. The van der Waals surface area contributed by atoms with Crippen LogP contribution >= 0.6 is 11.3 Å². The van der Waals surface area contributed by atoms with Crippen LogP contribution in [0, 0.1) is 6.92 Å². The van der Waals surface area contributed by atoms with E-state index in [0.717, 1.165) is 21.3 Å². The zero-order chi connectivity index (χ0) is 16.4. The summed E-state index contributed by atoms with van der Waals surface area (Å²) in [6.07, 6.45) is 1.72. The van der Waals surface area contributed by atoms with E-state index >= 15 is 0 Å². The number of phenols is 1. The molecule has 0 bridgehead atoms. The minimum atomic E-state index is -0.660. The van der Waals surface area contributed by atoms with E-state index in [2.05, 4.69) is 10.3 Å². The van der Waals surface area contributed by atoms with Crippen LogP contribution in [0.3, 0.4) is 0 Å². The van der Waals surface area contributed by atoms with Crippen LogP contribution in [0.25, 0.3) is 10.4 Å². The number of anilines is 2. The minimum Gasteiger partial charge on any atom is -0.507 e. The average molecular weight is 325 g/mol. The average Bonchev–Trinajstić information content (AvgIpc) is 2.98. The normalized spacial score (nSPS) is 10.5. The van der Waals surface area contributed by atoms with E-state index in [1.165, 1.54) is 23.0 Å². The number of nitrogens with one attached hydrogen (secondary N) is 1. The van der Waals surface area contributed by atoms with Gasteiger partial charge in [0.2, 0.25) is 0 Å². The summed E-state index contributed by atoms with van der Waals surface area (Å²) in [5.74, 6) is -0.782. The Morgan fingerprint density at radius 1 is 1.22 bits per heavy atom. The van der Waals surface area contributed by atoms with Crippen molar-refractivity contribution in [1.29, 1.82) is 0 Å². The number of aromatic hydroxyl groups is 1. The van der Waals surface area contributed by atoms with Crippen molar-refractivity contribution in [2.75, 3.05) is 5.32 Å². The fourth-order valence-electron chi connectivity index (χ4n) is 2.11. The van der Waals surface area contributed by atoms with Crippen molar-refractivity contribution in [3.8, 4) is 16.2 Å². The van der Waals surface area contributed by atoms with Gasteiger partial charge in [-0.1, -0.05) is 29.0 Å². The first-order chi connectivity index (χ1) is 11.0. The molecule has 2 aromatic carbocycles. The van der Waals surface area contributed by atoms with Gasteiger partial charge in [0.15, 0.2) is 5.13 Å². The standard InChI is InChI=1S/C17H15N3O2S/c1-10-2-5-12(6-3-10)20-17-19-9-15(23-17)11-4-7-14(21)13(8-11)16(18)22/h2-9,21H,1H3,(H2,18,22)(H,19,20). The Kier molecular flexibility index (Phi) is 3.99. The molecule has 0 fully saturated rings. The summed E-state index contributed by atoms with van der Waals surface area (Å²) in [5, 5.41) is 13.6. The number of thiazole rings is 1. The van der Waals surface area contributed by atoms with Gasteiger partial charge in [-0.05, 0) is 42.8 Å². The lowest BCUT2D eigenvalue weighted by molar-refractivity contribution is 0.0998. The predicted molar refractivity (Wildman–Crippen MR) is 92.2 cm³/mol. The monoisotopic (exact) mass is 325 g/mol. The number of benzene rings is 2. The zero-order valence-electron chi connectivity index (χ0n) is 12.4. The van der Waals surface area contributed by atoms with Crippen molar-refractivity contribution in [2.24, 2.45) is 5.73 Å². The number of primary amides is 1.